The zero-order chi connectivity index (χ0) is 11.9. The van der Waals surface area contributed by atoms with Gasteiger partial charge in [-0.05, 0) is 31.4 Å². The lowest BCUT2D eigenvalue weighted by molar-refractivity contribution is 0.0490. The topological polar surface area (TPSA) is 52.5 Å². The van der Waals surface area contributed by atoms with Crippen molar-refractivity contribution in [1.82, 2.24) is 9.38 Å². The summed E-state index contributed by atoms with van der Waals surface area (Å²) >= 11 is 0. The first kappa shape index (κ1) is 10.7. The van der Waals surface area contributed by atoms with Gasteiger partial charge in [0.1, 0.15) is 5.82 Å². The molecule has 90 valence electrons. The Hall–Kier alpha value is -1.39. The number of rotatable bonds is 1. The Morgan fingerprint density at radius 2 is 2.18 bits per heavy atom. The first-order valence-corrected chi connectivity index (χ1v) is 6.00. The fourth-order valence-corrected chi connectivity index (χ4v) is 2.49. The fraction of sp³-hybridized carbons (Fsp3) is 0.462. The number of pyridine rings is 1. The van der Waals surface area contributed by atoms with Crippen molar-refractivity contribution in [3.05, 3.63) is 35.9 Å². The van der Waals surface area contributed by atoms with Crippen LogP contribution in [0.3, 0.4) is 0 Å². The van der Waals surface area contributed by atoms with Crippen molar-refractivity contribution in [2.45, 2.75) is 25.3 Å². The van der Waals surface area contributed by atoms with Crippen molar-refractivity contribution in [2.75, 3.05) is 13.2 Å². The van der Waals surface area contributed by atoms with Gasteiger partial charge < -0.3 is 14.9 Å². The minimum atomic E-state index is -0.349. The van der Waals surface area contributed by atoms with Crippen molar-refractivity contribution in [1.29, 1.82) is 0 Å². The molecule has 2 aromatic heterocycles. The lowest BCUT2D eigenvalue weighted by Crippen LogP contribution is -2.43. The van der Waals surface area contributed by atoms with Crippen LogP contribution in [-0.4, -0.2) is 22.6 Å². The third-order valence-corrected chi connectivity index (χ3v) is 3.61. The molecule has 17 heavy (non-hydrogen) atoms. The van der Waals surface area contributed by atoms with Gasteiger partial charge in [-0.3, -0.25) is 0 Å². The van der Waals surface area contributed by atoms with Gasteiger partial charge in [0.2, 0.25) is 0 Å². The fourth-order valence-electron chi connectivity index (χ4n) is 2.49. The summed E-state index contributed by atoms with van der Waals surface area (Å²) in [6.45, 7) is 3.53. The standard InChI is InChI=1S/C13H17N3O/c1-10-3-2-6-16-11(10)9-15-12(16)13(14)4-7-17-8-5-13/h2-3,6,9H,4-5,7-8,14H2,1H3. The zero-order valence-corrected chi connectivity index (χ0v) is 10.0. The van der Waals surface area contributed by atoms with Gasteiger partial charge in [-0.25, -0.2) is 4.98 Å². The zero-order valence-electron chi connectivity index (χ0n) is 10.0. The number of hydrogen-bond acceptors (Lipinski definition) is 3. The molecule has 0 saturated carbocycles. The number of aryl methyl sites for hydroxylation is 1. The molecule has 0 aliphatic carbocycles. The maximum absolute atomic E-state index is 6.48. The van der Waals surface area contributed by atoms with Crippen molar-refractivity contribution >= 4 is 5.52 Å². The molecule has 0 atom stereocenters. The molecule has 0 unspecified atom stereocenters. The maximum atomic E-state index is 6.48. The Balaban J connectivity index is 2.14. The second-order valence-electron chi connectivity index (χ2n) is 4.80. The van der Waals surface area contributed by atoms with Gasteiger partial charge in [0.05, 0.1) is 17.3 Å². The summed E-state index contributed by atoms with van der Waals surface area (Å²) in [4.78, 5) is 4.53. The van der Waals surface area contributed by atoms with E-state index in [0.717, 1.165) is 37.4 Å². The van der Waals surface area contributed by atoms with Crippen molar-refractivity contribution in [3.8, 4) is 0 Å². The molecule has 1 fully saturated rings. The summed E-state index contributed by atoms with van der Waals surface area (Å²) in [7, 11) is 0. The smallest absolute Gasteiger partial charge is 0.133 e. The van der Waals surface area contributed by atoms with Crippen LogP contribution in [-0.2, 0) is 10.3 Å². The number of imidazole rings is 1. The molecule has 1 saturated heterocycles. The molecule has 4 heteroatoms. The Kier molecular flexibility index (Phi) is 2.42. The monoisotopic (exact) mass is 231 g/mol. The Bertz CT molecular complexity index is 541. The van der Waals surface area contributed by atoms with Crippen LogP contribution in [0.5, 0.6) is 0 Å². The van der Waals surface area contributed by atoms with Crippen LogP contribution < -0.4 is 5.73 Å². The normalized spacial score (nSPS) is 19.6. The summed E-state index contributed by atoms with van der Waals surface area (Å²) in [6.07, 6.45) is 5.61. The van der Waals surface area contributed by atoms with Gasteiger partial charge in [0, 0.05) is 19.4 Å². The molecule has 0 spiro atoms. The molecule has 1 aliphatic heterocycles. The summed E-state index contributed by atoms with van der Waals surface area (Å²) in [5.74, 6) is 0.958. The minimum absolute atomic E-state index is 0.349. The van der Waals surface area contributed by atoms with Gasteiger partial charge in [0.25, 0.3) is 0 Å². The summed E-state index contributed by atoms with van der Waals surface area (Å²) in [5.41, 5.74) is 8.49. The molecule has 0 radical (unpaired) electrons. The van der Waals surface area contributed by atoms with Crippen LogP contribution in [0.1, 0.15) is 24.2 Å². The van der Waals surface area contributed by atoms with Gasteiger partial charge in [-0.1, -0.05) is 6.07 Å². The molecule has 1 aliphatic rings. The highest BCUT2D eigenvalue weighted by atomic mass is 16.5. The van der Waals surface area contributed by atoms with E-state index in [4.69, 9.17) is 10.5 Å². The minimum Gasteiger partial charge on any atom is -0.381 e. The number of hydrogen-bond donors (Lipinski definition) is 1. The highest BCUT2D eigenvalue weighted by molar-refractivity contribution is 5.53. The highest BCUT2D eigenvalue weighted by Crippen LogP contribution is 2.29. The molecule has 0 aromatic carbocycles. The number of fused-ring (bicyclic) bond motifs is 1. The van der Waals surface area contributed by atoms with Crippen LogP contribution in [0.25, 0.3) is 5.52 Å². The van der Waals surface area contributed by atoms with E-state index in [1.165, 1.54) is 5.56 Å². The van der Waals surface area contributed by atoms with Crippen molar-refractivity contribution in [2.24, 2.45) is 5.73 Å². The van der Waals surface area contributed by atoms with Gasteiger partial charge in [-0.15, -0.1) is 0 Å². The van der Waals surface area contributed by atoms with E-state index in [-0.39, 0.29) is 5.54 Å². The van der Waals surface area contributed by atoms with E-state index in [1.807, 2.05) is 18.5 Å². The molecular weight excluding hydrogens is 214 g/mol. The maximum Gasteiger partial charge on any atom is 0.133 e. The van der Waals surface area contributed by atoms with Crippen LogP contribution in [0.2, 0.25) is 0 Å². The Morgan fingerprint density at radius 1 is 1.41 bits per heavy atom. The molecule has 0 bridgehead atoms. The summed E-state index contributed by atoms with van der Waals surface area (Å²) in [6, 6.07) is 4.13. The van der Waals surface area contributed by atoms with Gasteiger partial charge in [-0.2, -0.15) is 0 Å². The van der Waals surface area contributed by atoms with E-state index in [2.05, 4.69) is 22.4 Å². The van der Waals surface area contributed by atoms with E-state index in [9.17, 15) is 0 Å². The SMILES string of the molecule is Cc1cccn2c(C3(N)CCOCC3)ncc12. The average Bonchev–Trinajstić information content (AvgIpc) is 2.76. The largest absolute Gasteiger partial charge is 0.381 e. The molecule has 3 heterocycles. The predicted molar refractivity (Wildman–Crippen MR) is 65.8 cm³/mol. The lowest BCUT2D eigenvalue weighted by Gasteiger charge is -2.32. The first-order valence-electron chi connectivity index (χ1n) is 6.00. The number of nitrogens with zero attached hydrogens (tertiary/aromatic N) is 2. The van der Waals surface area contributed by atoms with Gasteiger partial charge in [0.15, 0.2) is 0 Å². The lowest BCUT2D eigenvalue weighted by atomic mass is 9.90. The second-order valence-corrected chi connectivity index (χ2v) is 4.80. The van der Waals surface area contributed by atoms with Crippen LogP contribution in [0.15, 0.2) is 24.5 Å². The summed E-state index contributed by atoms with van der Waals surface area (Å²) in [5, 5.41) is 0. The molecule has 2 aromatic rings. The van der Waals surface area contributed by atoms with Crippen LogP contribution >= 0.6 is 0 Å². The Morgan fingerprint density at radius 3 is 2.94 bits per heavy atom. The van der Waals surface area contributed by atoms with Crippen LogP contribution in [0.4, 0.5) is 0 Å². The van der Waals surface area contributed by atoms with Crippen molar-refractivity contribution < 1.29 is 4.74 Å². The van der Waals surface area contributed by atoms with E-state index in [0.29, 0.717) is 0 Å². The molecule has 3 rings (SSSR count). The van der Waals surface area contributed by atoms with Crippen LogP contribution in [0, 0.1) is 6.92 Å². The molecule has 2 N–H and O–H groups in total. The molecular formula is C13H17N3O. The van der Waals surface area contributed by atoms with E-state index < -0.39 is 0 Å². The summed E-state index contributed by atoms with van der Waals surface area (Å²) < 4.78 is 7.49. The molecule has 4 nitrogen and oxygen atoms in total. The Labute approximate surface area is 100 Å². The van der Waals surface area contributed by atoms with Crippen molar-refractivity contribution in [3.63, 3.8) is 0 Å². The highest BCUT2D eigenvalue weighted by Gasteiger charge is 2.33. The number of ether oxygens (including phenoxy) is 1. The third kappa shape index (κ3) is 1.64. The molecule has 0 amide bonds. The predicted octanol–water partition coefficient (Wildman–Crippen LogP) is 1.61. The van der Waals surface area contributed by atoms with Gasteiger partial charge >= 0.3 is 0 Å². The van der Waals surface area contributed by atoms with E-state index in [1.54, 1.807) is 0 Å². The first-order chi connectivity index (χ1) is 8.21. The van der Waals surface area contributed by atoms with E-state index >= 15 is 0 Å². The average molecular weight is 231 g/mol. The third-order valence-electron chi connectivity index (χ3n) is 3.61. The number of aromatic nitrogens is 2. The quantitative estimate of drug-likeness (QED) is 0.811. The second kappa shape index (κ2) is 3.82. The number of nitrogens with two attached hydrogens (primary N) is 1.